The third-order valence-corrected chi connectivity index (χ3v) is 3.56. The van der Waals surface area contributed by atoms with Crippen molar-refractivity contribution in [2.75, 3.05) is 45.9 Å². The number of carbonyl (C=O) groups is 2. The van der Waals surface area contributed by atoms with E-state index in [1.807, 2.05) is 6.92 Å². The summed E-state index contributed by atoms with van der Waals surface area (Å²) in [5, 5.41) is 3.28. The lowest BCUT2D eigenvalue weighted by molar-refractivity contribution is -0.154. The summed E-state index contributed by atoms with van der Waals surface area (Å²) in [7, 11) is 0. The van der Waals surface area contributed by atoms with Crippen LogP contribution >= 0.6 is 0 Å². The second-order valence-corrected chi connectivity index (χ2v) is 5.82. The molecule has 0 aliphatic carbocycles. The van der Waals surface area contributed by atoms with E-state index in [-0.39, 0.29) is 30.8 Å². The van der Waals surface area contributed by atoms with Crippen molar-refractivity contribution in [3.63, 3.8) is 0 Å². The van der Waals surface area contributed by atoms with Gasteiger partial charge in [0.15, 0.2) is 0 Å². The zero-order chi connectivity index (χ0) is 17.1. The second kappa shape index (κ2) is 11.4. The Kier molecular flexibility index (Phi) is 9.82. The molecule has 1 aliphatic rings. The minimum absolute atomic E-state index is 0.204. The molecular formula is C16H30N2O5. The molecule has 1 fully saturated rings. The highest BCUT2D eigenvalue weighted by molar-refractivity contribution is 5.69. The molecule has 0 bridgehead atoms. The van der Waals surface area contributed by atoms with Crippen LogP contribution in [0.4, 0.5) is 0 Å². The van der Waals surface area contributed by atoms with Crippen LogP contribution in [0.3, 0.4) is 0 Å². The van der Waals surface area contributed by atoms with Crippen LogP contribution in [-0.2, 0) is 23.8 Å². The molecule has 7 nitrogen and oxygen atoms in total. The van der Waals surface area contributed by atoms with Crippen LogP contribution in [0.2, 0.25) is 0 Å². The second-order valence-electron chi connectivity index (χ2n) is 5.82. The van der Waals surface area contributed by atoms with Gasteiger partial charge in [0.05, 0.1) is 19.1 Å². The van der Waals surface area contributed by atoms with Crippen molar-refractivity contribution in [3.05, 3.63) is 0 Å². The van der Waals surface area contributed by atoms with Gasteiger partial charge < -0.3 is 24.4 Å². The van der Waals surface area contributed by atoms with Crippen LogP contribution < -0.4 is 5.32 Å². The van der Waals surface area contributed by atoms with E-state index in [1.165, 1.54) is 0 Å². The Balaban J connectivity index is 2.08. The zero-order valence-corrected chi connectivity index (χ0v) is 14.5. The van der Waals surface area contributed by atoms with Crippen LogP contribution in [0.25, 0.3) is 0 Å². The molecule has 23 heavy (non-hydrogen) atoms. The van der Waals surface area contributed by atoms with Gasteiger partial charge in [0, 0.05) is 39.1 Å². The van der Waals surface area contributed by atoms with Crippen LogP contribution in [0.1, 0.15) is 33.6 Å². The topological polar surface area (TPSA) is 77.1 Å². The van der Waals surface area contributed by atoms with Gasteiger partial charge in [-0.25, -0.2) is 0 Å². The number of hydrogen-bond donors (Lipinski definition) is 1. The van der Waals surface area contributed by atoms with Crippen molar-refractivity contribution >= 4 is 11.9 Å². The van der Waals surface area contributed by atoms with Crippen LogP contribution in [-0.4, -0.2) is 75.0 Å². The summed E-state index contributed by atoms with van der Waals surface area (Å²) in [4.78, 5) is 25.1. The van der Waals surface area contributed by atoms with E-state index in [9.17, 15) is 9.59 Å². The van der Waals surface area contributed by atoms with Crippen molar-refractivity contribution in [1.82, 2.24) is 10.2 Å². The Morgan fingerprint density at radius 1 is 1.09 bits per heavy atom. The maximum absolute atomic E-state index is 11.8. The van der Waals surface area contributed by atoms with Gasteiger partial charge in [-0.1, -0.05) is 6.92 Å². The average molecular weight is 330 g/mol. The summed E-state index contributed by atoms with van der Waals surface area (Å²) >= 11 is 0. The molecule has 0 aromatic rings. The van der Waals surface area contributed by atoms with Crippen molar-refractivity contribution in [2.24, 2.45) is 0 Å². The Morgan fingerprint density at radius 2 is 1.78 bits per heavy atom. The van der Waals surface area contributed by atoms with Crippen molar-refractivity contribution in [2.45, 2.75) is 45.8 Å². The number of ether oxygens (including phenoxy) is 3. The van der Waals surface area contributed by atoms with Crippen molar-refractivity contribution in [3.8, 4) is 0 Å². The molecule has 0 radical (unpaired) electrons. The van der Waals surface area contributed by atoms with Gasteiger partial charge in [-0.05, 0) is 13.8 Å². The number of piperazine rings is 1. The maximum Gasteiger partial charge on any atom is 0.307 e. The highest BCUT2D eigenvalue weighted by Crippen LogP contribution is 2.02. The van der Waals surface area contributed by atoms with Crippen molar-refractivity contribution < 1.29 is 23.8 Å². The van der Waals surface area contributed by atoms with Gasteiger partial charge in [0.25, 0.3) is 0 Å². The van der Waals surface area contributed by atoms with Crippen LogP contribution in [0.15, 0.2) is 0 Å². The highest BCUT2D eigenvalue weighted by atomic mass is 16.6. The van der Waals surface area contributed by atoms with E-state index in [0.29, 0.717) is 19.4 Å². The molecule has 134 valence electrons. The number of esters is 2. The van der Waals surface area contributed by atoms with E-state index >= 15 is 0 Å². The quantitative estimate of drug-likeness (QED) is 0.587. The molecular weight excluding hydrogens is 300 g/mol. The van der Waals surface area contributed by atoms with Gasteiger partial charge >= 0.3 is 11.9 Å². The van der Waals surface area contributed by atoms with Gasteiger partial charge in [0.2, 0.25) is 0 Å². The lowest BCUT2D eigenvalue weighted by Crippen LogP contribution is -2.44. The smallest absolute Gasteiger partial charge is 0.307 e. The summed E-state index contributed by atoms with van der Waals surface area (Å²) in [6, 6.07) is 0. The third kappa shape index (κ3) is 9.53. The lowest BCUT2D eigenvalue weighted by Gasteiger charge is -2.26. The summed E-state index contributed by atoms with van der Waals surface area (Å²) in [6.07, 6.45) is 0.226. The Morgan fingerprint density at radius 3 is 2.43 bits per heavy atom. The molecule has 1 heterocycles. The van der Waals surface area contributed by atoms with Crippen LogP contribution in [0.5, 0.6) is 0 Å². The highest BCUT2D eigenvalue weighted by Gasteiger charge is 2.15. The fourth-order valence-corrected chi connectivity index (χ4v) is 2.16. The van der Waals surface area contributed by atoms with Crippen LogP contribution in [0, 0.1) is 0 Å². The molecule has 0 aromatic carbocycles. The normalized spacial score (nSPS) is 18.2. The van der Waals surface area contributed by atoms with E-state index in [4.69, 9.17) is 14.2 Å². The Bertz CT molecular complexity index is 358. The molecule has 0 aromatic heterocycles. The monoisotopic (exact) mass is 330 g/mol. The standard InChI is InChI=1S/C16H30N2O5/c1-4-15(19)22-11-13(2)21-12-14(3)23-16(20)5-8-18-9-6-17-7-10-18/h13-14,17H,4-12H2,1-3H3. The van der Waals surface area contributed by atoms with E-state index < -0.39 is 0 Å². The predicted octanol–water partition coefficient (Wildman–Crippen LogP) is 0.572. The number of rotatable bonds is 10. The molecule has 1 aliphatic heterocycles. The molecule has 1 saturated heterocycles. The first-order valence-electron chi connectivity index (χ1n) is 8.41. The minimum Gasteiger partial charge on any atom is -0.463 e. The largest absolute Gasteiger partial charge is 0.463 e. The lowest BCUT2D eigenvalue weighted by atomic mass is 10.3. The van der Waals surface area contributed by atoms with Gasteiger partial charge in [-0.2, -0.15) is 0 Å². The third-order valence-electron chi connectivity index (χ3n) is 3.56. The first-order chi connectivity index (χ1) is 11.0. The summed E-state index contributed by atoms with van der Waals surface area (Å²) in [6.45, 7) is 10.5. The fraction of sp³-hybridized carbons (Fsp3) is 0.875. The Labute approximate surface area is 138 Å². The number of nitrogens with zero attached hydrogens (tertiary/aromatic N) is 1. The van der Waals surface area contributed by atoms with E-state index in [1.54, 1.807) is 13.8 Å². The number of nitrogens with one attached hydrogen (secondary N) is 1. The van der Waals surface area contributed by atoms with Gasteiger partial charge in [-0.3, -0.25) is 9.59 Å². The molecule has 7 heteroatoms. The van der Waals surface area contributed by atoms with Gasteiger partial charge in [-0.15, -0.1) is 0 Å². The fourth-order valence-electron chi connectivity index (χ4n) is 2.16. The molecule has 0 saturated carbocycles. The Hall–Kier alpha value is -1.18. The maximum atomic E-state index is 11.8. The summed E-state index contributed by atoms with van der Waals surface area (Å²) in [5.74, 6) is -0.447. The molecule has 2 unspecified atom stereocenters. The first-order valence-corrected chi connectivity index (χ1v) is 8.41. The van der Waals surface area contributed by atoms with Crippen molar-refractivity contribution in [1.29, 1.82) is 0 Å². The van der Waals surface area contributed by atoms with E-state index in [0.717, 1.165) is 32.7 Å². The van der Waals surface area contributed by atoms with Gasteiger partial charge in [0.1, 0.15) is 12.7 Å². The number of carbonyl (C=O) groups excluding carboxylic acids is 2. The SMILES string of the molecule is CCC(=O)OCC(C)OCC(C)OC(=O)CCN1CCNCC1. The summed E-state index contributed by atoms with van der Waals surface area (Å²) in [5.41, 5.74) is 0. The predicted molar refractivity (Wildman–Crippen MR) is 86.1 cm³/mol. The minimum atomic E-state index is -0.310. The first kappa shape index (κ1) is 19.9. The zero-order valence-electron chi connectivity index (χ0n) is 14.5. The van der Waals surface area contributed by atoms with E-state index in [2.05, 4.69) is 10.2 Å². The average Bonchev–Trinajstić information content (AvgIpc) is 2.56. The molecule has 1 N–H and O–H groups in total. The molecule has 0 spiro atoms. The summed E-state index contributed by atoms with van der Waals surface area (Å²) < 4.78 is 15.8. The molecule has 1 rings (SSSR count). The molecule has 0 amide bonds. The molecule has 2 atom stereocenters. The number of hydrogen-bond acceptors (Lipinski definition) is 7.